The van der Waals surface area contributed by atoms with Crippen LogP contribution in [0.3, 0.4) is 0 Å². The summed E-state index contributed by atoms with van der Waals surface area (Å²) in [6.07, 6.45) is 4.56. The van der Waals surface area contributed by atoms with Crippen molar-refractivity contribution in [2.45, 2.75) is 33.1 Å². The number of aromatic nitrogens is 3. The van der Waals surface area contributed by atoms with E-state index in [2.05, 4.69) is 32.2 Å². The van der Waals surface area contributed by atoms with Crippen LogP contribution in [-0.2, 0) is 6.42 Å². The van der Waals surface area contributed by atoms with Crippen molar-refractivity contribution in [3.8, 4) is 6.07 Å². The molecule has 2 aromatic heterocycles. The second-order valence-electron chi connectivity index (χ2n) is 7.16. The number of anilines is 1. The molecule has 1 fully saturated rings. The van der Waals surface area contributed by atoms with Crippen molar-refractivity contribution in [2.24, 2.45) is 5.92 Å². The molecule has 1 unspecified atom stereocenters. The predicted octanol–water partition coefficient (Wildman–Crippen LogP) is 4.22. The Balaban J connectivity index is 1.71. The zero-order valence-electron chi connectivity index (χ0n) is 15.4. The third-order valence-electron chi connectivity index (χ3n) is 5.04. The molecule has 27 heavy (non-hydrogen) atoms. The zero-order chi connectivity index (χ0) is 19.0. The second-order valence-corrected chi connectivity index (χ2v) is 7.57. The Hall–Kier alpha value is -2.65. The first-order chi connectivity index (χ1) is 13.0. The lowest BCUT2D eigenvalue weighted by Crippen LogP contribution is -2.37. The molecule has 3 aromatic rings. The van der Waals surface area contributed by atoms with E-state index >= 15 is 0 Å². The normalized spacial score (nSPS) is 17.3. The van der Waals surface area contributed by atoms with Gasteiger partial charge in [0.25, 0.3) is 0 Å². The molecular formula is C20H20ClN5O. The van der Waals surface area contributed by atoms with Crippen LogP contribution in [0, 0.1) is 31.1 Å². The van der Waals surface area contributed by atoms with Crippen LogP contribution in [0.2, 0.25) is 5.02 Å². The fourth-order valence-corrected chi connectivity index (χ4v) is 4.24. The maximum absolute atomic E-state index is 9.67. The number of piperidine rings is 1. The Morgan fingerprint density at radius 3 is 2.96 bits per heavy atom. The first-order valence-electron chi connectivity index (χ1n) is 9.08. The largest absolute Gasteiger partial charge is 0.370 e. The summed E-state index contributed by atoms with van der Waals surface area (Å²) in [6.45, 7) is 5.55. The van der Waals surface area contributed by atoms with E-state index in [1.807, 2.05) is 13.0 Å². The highest BCUT2D eigenvalue weighted by Crippen LogP contribution is 2.36. The highest BCUT2D eigenvalue weighted by molar-refractivity contribution is 6.35. The van der Waals surface area contributed by atoms with Gasteiger partial charge in [-0.2, -0.15) is 10.2 Å². The molecule has 138 valence electrons. The van der Waals surface area contributed by atoms with Gasteiger partial charge in [0.1, 0.15) is 6.07 Å². The van der Waals surface area contributed by atoms with Gasteiger partial charge in [-0.25, -0.2) is 0 Å². The van der Waals surface area contributed by atoms with E-state index in [0.717, 1.165) is 60.3 Å². The Labute approximate surface area is 162 Å². The third kappa shape index (κ3) is 3.47. The Bertz CT molecular complexity index is 1040. The number of halogens is 1. The van der Waals surface area contributed by atoms with E-state index in [1.54, 1.807) is 13.1 Å². The fraction of sp³-hybridized carbons (Fsp3) is 0.400. The van der Waals surface area contributed by atoms with Gasteiger partial charge >= 0.3 is 0 Å². The minimum atomic E-state index is 0.408. The Morgan fingerprint density at radius 2 is 2.22 bits per heavy atom. The molecule has 3 heterocycles. The average Bonchev–Trinajstić information content (AvgIpc) is 3.05. The van der Waals surface area contributed by atoms with Crippen LogP contribution in [0.5, 0.6) is 0 Å². The standard InChI is InChI=1S/C20H20ClN5O/c1-12-6-16-19(17(21)7-12)23-10-15(9-22)20(16)26-5-3-4-14(11-26)8-18-24-13(2)27-25-18/h6-7,10,14H,3-5,8,11H2,1-2H3. The maximum Gasteiger partial charge on any atom is 0.223 e. The number of pyridine rings is 1. The van der Waals surface area contributed by atoms with Crippen molar-refractivity contribution in [1.29, 1.82) is 5.26 Å². The molecule has 1 saturated heterocycles. The van der Waals surface area contributed by atoms with E-state index in [0.29, 0.717) is 22.4 Å². The predicted molar refractivity (Wildman–Crippen MR) is 104 cm³/mol. The van der Waals surface area contributed by atoms with E-state index in [-0.39, 0.29) is 0 Å². The van der Waals surface area contributed by atoms with Gasteiger partial charge in [-0.1, -0.05) is 16.8 Å². The number of hydrogen-bond donors (Lipinski definition) is 0. The van der Waals surface area contributed by atoms with Gasteiger partial charge in [0.05, 0.1) is 21.8 Å². The molecule has 0 saturated carbocycles. The first-order valence-corrected chi connectivity index (χ1v) is 9.46. The van der Waals surface area contributed by atoms with Crippen molar-refractivity contribution < 1.29 is 4.52 Å². The summed E-state index contributed by atoms with van der Waals surface area (Å²) in [5.41, 5.74) is 3.32. The van der Waals surface area contributed by atoms with Crippen molar-refractivity contribution in [2.75, 3.05) is 18.0 Å². The molecule has 1 aromatic carbocycles. The number of benzene rings is 1. The molecule has 0 spiro atoms. The van der Waals surface area contributed by atoms with Gasteiger partial charge in [-0.15, -0.1) is 0 Å². The maximum atomic E-state index is 9.67. The van der Waals surface area contributed by atoms with Gasteiger partial charge in [0, 0.05) is 38.0 Å². The molecule has 1 aliphatic heterocycles. The highest BCUT2D eigenvalue weighted by Gasteiger charge is 2.25. The number of nitriles is 1. The monoisotopic (exact) mass is 381 g/mol. The summed E-state index contributed by atoms with van der Waals surface area (Å²) in [4.78, 5) is 11.0. The van der Waals surface area contributed by atoms with E-state index in [4.69, 9.17) is 16.1 Å². The first kappa shape index (κ1) is 17.7. The second kappa shape index (κ2) is 7.16. The number of fused-ring (bicyclic) bond motifs is 1. The summed E-state index contributed by atoms with van der Waals surface area (Å²) >= 11 is 6.42. The quantitative estimate of drug-likeness (QED) is 0.675. The van der Waals surface area contributed by atoms with Gasteiger partial charge in [0.2, 0.25) is 5.89 Å². The van der Waals surface area contributed by atoms with Crippen LogP contribution in [0.15, 0.2) is 22.9 Å². The lowest BCUT2D eigenvalue weighted by Gasteiger charge is -2.35. The molecule has 0 bridgehead atoms. The summed E-state index contributed by atoms with van der Waals surface area (Å²) in [7, 11) is 0. The number of hydrogen-bond acceptors (Lipinski definition) is 6. The van der Waals surface area contributed by atoms with Gasteiger partial charge in [0.15, 0.2) is 5.82 Å². The van der Waals surface area contributed by atoms with Gasteiger partial charge in [-0.05, 0) is 43.4 Å². The average molecular weight is 382 g/mol. The van der Waals surface area contributed by atoms with Crippen molar-refractivity contribution in [3.05, 3.63) is 46.2 Å². The lowest BCUT2D eigenvalue weighted by atomic mass is 9.93. The summed E-state index contributed by atoms with van der Waals surface area (Å²) in [5, 5.41) is 15.3. The topological polar surface area (TPSA) is 78.8 Å². The number of nitrogens with zero attached hydrogens (tertiary/aromatic N) is 5. The molecular weight excluding hydrogens is 362 g/mol. The molecule has 4 rings (SSSR count). The smallest absolute Gasteiger partial charge is 0.223 e. The Morgan fingerprint density at radius 1 is 1.37 bits per heavy atom. The molecule has 1 aliphatic rings. The van der Waals surface area contributed by atoms with Crippen LogP contribution < -0.4 is 4.90 Å². The minimum absolute atomic E-state index is 0.408. The highest BCUT2D eigenvalue weighted by atomic mass is 35.5. The minimum Gasteiger partial charge on any atom is -0.370 e. The fourth-order valence-electron chi connectivity index (χ4n) is 3.92. The van der Waals surface area contributed by atoms with Crippen molar-refractivity contribution in [1.82, 2.24) is 15.1 Å². The van der Waals surface area contributed by atoms with Crippen molar-refractivity contribution >= 4 is 28.2 Å². The SMILES string of the molecule is Cc1cc(Cl)c2ncc(C#N)c(N3CCCC(Cc4noc(C)n4)C3)c2c1. The van der Waals surface area contributed by atoms with Gasteiger partial charge < -0.3 is 9.42 Å². The van der Waals surface area contributed by atoms with Gasteiger partial charge in [-0.3, -0.25) is 4.98 Å². The van der Waals surface area contributed by atoms with Crippen LogP contribution in [0.25, 0.3) is 10.9 Å². The molecule has 0 amide bonds. The van der Waals surface area contributed by atoms with Crippen molar-refractivity contribution in [3.63, 3.8) is 0 Å². The lowest BCUT2D eigenvalue weighted by molar-refractivity contribution is 0.370. The molecule has 0 aliphatic carbocycles. The third-order valence-corrected chi connectivity index (χ3v) is 5.33. The van der Waals surface area contributed by atoms with E-state index in [9.17, 15) is 5.26 Å². The van der Waals surface area contributed by atoms with E-state index < -0.39 is 0 Å². The summed E-state index contributed by atoms with van der Waals surface area (Å²) in [5.74, 6) is 1.75. The summed E-state index contributed by atoms with van der Waals surface area (Å²) < 4.78 is 5.10. The Kier molecular flexibility index (Phi) is 4.71. The molecule has 1 atom stereocenters. The van der Waals surface area contributed by atoms with Crippen LogP contribution in [0.4, 0.5) is 5.69 Å². The molecule has 6 nitrogen and oxygen atoms in total. The van der Waals surface area contributed by atoms with Crippen LogP contribution in [-0.4, -0.2) is 28.2 Å². The van der Waals surface area contributed by atoms with Crippen LogP contribution in [0.1, 0.15) is 35.7 Å². The van der Waals surface area contributed by atoms with Crippen LogP contribution >= 0.6 is 11.6 Å². The molecule has 7 heteroatoms. The molecule has 0 radical (unpaired) electrons. The number of rotatable bonds is 3. The van der Waals surface area contributed by atoms with E-state index in [1.165, 1.54) is 0 Å². The summed E-state index contributed by atoms with van der Waals surface area (Å²) in [6, 6.07) is 6.28. The zero-order valence-corrected chi connectivity index (χ0v) is 16.1. The molecule has 0 N–H and O–H groups in total. The number of aryl methyl sites for hydroxylation is 2.